The van der Waals surface area contributed by atoms with Crippen molar-refractivity contribution >= 4 is 43.5 Å². The molecule has 0 spiro atoms. The molecule has 42 heavy (non-hydrogen) atoms. The molecule has 2 aliphatic rings. The molecule has 1 aliphatic carbocycles. The monoisotopic (exact) mass is 592 g/mol. The molecule has 3 aromatic heterocycles. The number of sulfonamides is 1. The van der Waals surface area contributed by atoms with Crippen LogP contribution in [-0.4, -0.2) is 49.9 Å². The Hall–Kier alpha value is -4.45. The summed E-state index contributed by atoms with van der Waals surface area (Å²) in [7, 11) is -0.850. The molecule has 0 bridgehead atoms. The average Bonchev–Trinajstić information content (AvgIpc) is 3.27. The Morgan fingerprint density at radius 3 is 2.64 bits per heavy atom. The highest BCUT2D eigenvalue weighted by Crippen LogP contribution is 2.56. The zero-order valence-corrected chi connectivity index (χ0v) is 24.0. The van der Waals surface area contributed by atoms with E-state index in [-0.39, 0.29) is 41.6 Å². The predicted octanol–water partition coefficient (Wildman–Crippen LogP) is 5.58. The third kappa shape index (κ3) is 3.88. The minimum Gasteiger partial charge on any atom is -0.470 e. The van der Waals surface area contributed by atoms with Gasteiger partial charge in [0.05, 0.1) is 40.3 Å². The van der Waals surface area contributed by atoms with Gasteiger partial charge in [-0.3, -0.25) is 9.10 Å². The van der Waals surface area contributed by atoms with Crippen molar-refractivity contribution in [2.75, 3.05) is 24.7 Å². The molecule has 7 rings (SSSR count). The molecule has 1 aliphatic heterocycles. The van der Waals surface area contributed by atoms with Gasteiger partial charge in [0.2, 0.25) is 10.0 Å². The predicted molar refractivity (Wildman–Crippen MR) is 154 cm³/mol. The van der Waals surface area contributed by atoms with E-state index in [1.807, 2.05) is 4.57 Å². The number of amides is 1. The molecule has 4 heterocycles. The SMILES string of the molecule is CNC(=O)c1c(C2CC2(C)F)oc2cc(N(C)S(C)(=O)=O)c(-c3ccc4c(n3)-c3cc5c(F)cccc5n3CO4)cc12. The molecule has 9 nitrogen and oxygen atoms in total. The topological polar surface area (TPSA) is 107 Å². The van der Waals surface area contributed by atoms with Crippen molar-refractivity contribution in [2.45, 2.75) is 31.7 Å². The van der Waals surface area contributed by atoms with Gasteiger partial charge in [0.1, 0.15) is 34.3 Å². The van der Waals surface area contributed by atoms with Crippen LogP contribution < -0.4 is 14.4 Å². The van der Waals surface area contributed by atoms with Gasteiger partial charge in [-0.05, 0) is 49.7 Å². The van der Waals surface area contributed by atoms with Crippen molar-refractivity contribution in [3.05, 3.63) is 65.7 Å². The van der Waals surface area contributed by atoms with Gasteiger partial charge in [-0.15, -0.1) is 0 Å². The number of carbonyl (C=O) groups is 1. The molecule has 5 aromatic rings. The maximum absolute atomic E-state index is 14.8. The van der Waals surface area contributed by atoms with Crippen LogP contribution in [0.2, 0.25) is 0 Å². The van der Waals surface area contributed by atoms with Gasteiger partial charge in [-0.2, -0.15) is 0 Å². The molecule has 2 atom stereocenters. The van der Waals surface area contributed by atoms with Crippen molar-refractivity contribution in [3.8, 4) is 28.4 Å². The largest absolute Gasteiger partial charge is 0.470 e. The first-order valence-corrected chi connectivity index (χ1v) is 15.1. The van der Waals surface area contributed by atoms with Crippen molar-refractivity contribution in [2.24, 2.45) is 0 Å². The molecule has 2 unspecified atom stereocenters. The molecule has 1 amide bonds. The third-order valence-electron chi connectivity index (χ3n) is 8.23. The number of aromatic nitrogens is 2. The van der Waals surface area contributed by atoms with Crippen LogP contribution in [0.15, 0.2) is 52.9 Å². The summed E-state index contributed by atoms with van der Waals surface area (Å²) in [5, 5.41) is 3.44. The first-order valence-electron chi connectivity index (χ1n) is 13.3. The van der Waals surface area contributed by atoms with E-state index in [2.05, 4.69) is 5.32 Å². The fourth-order valence-electron chi connectivity index (χ4n) is 5.72. The highest BCUT2D eigenvalue weighted by Gasteiger charge is 2.55. The van der Waals surface area contributed by atoms with Crippen LogP contribution in [0, 0.1) is 5.82 Å². The van der Waals surface area contributed by atoms with E-state index >= 15 is 0 Å². The molecule has 1 N–H and O–H groups in total. The Labute approximate surface area is 239 Å². The highest BCUT2D eigenvalue weighted by molar-refractivity contribution is 7.92. The van der Waals surface area contributed by atoms with Gasteiger partial charge in [0, 0.05) is 36.5 Å². The summed E-state index contributed by atoms with van der Waals surface area (Å²) in [5.74, 6) is -0.704. The van der Waals surface area contributed by atoms with E-state index in [0.717, 1.165) is 10.6 Å². The van der Waals surface area contributed by atoms with Crippen LogP contribution >= 0.6 is 0 Å². The normalized spacial score (nSPS) is 19.3. The summed E-state index contributed by atoms with van der Waals surface area (Å²) in [6, 6.07) is 13.1. The Morgan fingerprint density at radius 2 is 1.95 bits per heavy atom. The quantitative estimate of drug-likeness (QED) is 0.286. The number of hydrogen-bond donors (Lipinski definition) is 1. The summed E-state index contributed by atoms with van der Waals surface area (Å²) in [4.78, 5) is 17.9. The molecular formula is C30H26F2N4O5S. The molecule has 1 saturated carbocycles. The van der Waals surface area contributed by atoms with Gasteiger partial charge in [-0.1, -0.05) is 6.07 Å². The van der Waals surface area contributed by atoms with E-state index in [9.17, 15) is 22.0 Å². The van der Waals surface area contributed by atoms with Gasteiger partial charge in [-0.25, -0.2) is 22.2 Å². The number of rotatable bonds is 5. The number of hydrogen-bond acceptors (Lipinski definition) is 6. The summed E-state index contributed by atoms with van der Waals surface area (Å²) in [6.07, 6.45) is 1.28. The lowest BCUT2D eigenvalue weighted by Crippen LogP contribution is -2.25. The zero-order chi connectivity index (χ0) is 29.7. The number of halogens is 2. The number of pyridine rings is 1. The number of benzene rings is 2. The smallest absolute Gasteiger partial charge is 0.255 e. The fourth-order valence-corrected chi connectivity index (χ4v) is 6.23. The molecule has 2 aromatic carbocycles. The summed E-state index contributed by atoms with van der Waals surface area (Å²) >= 11 is 0. The van der Waals surface area contributed by atoms with Crippen LogP contribution in [-0.2, 0) is 16.8 Å². The van der Waals surface area contributed by atoms with Crippen LogP contribution in [0.1, 0.15) is 35.4 Å². The van der Waals surface area contributed by atoms with Crippen LogP contribution in [0.4, 0.5) is 14.5 Å². The van der Waals surface area contributed by atoms with E-state index in [1.54, 1.807) is 36.4 Å². The Balaban J connectivity index is 1.48. The second-order valence-electron chi connectivity index (χ2n) is 11.0. The summed E-state index contributed by atoms with van der Waals surface area (Å²) in [5.41, 5.74) is 1.72. The lowest BCUT2D eigenvalue weighted by Gasteiger charge is -2.23. The maximum atomic E-state index is 14.8. The zero-order valence-electron chi connectivity index (χ0n) is 23.2. The Bertz CT molecular complexity index is 2080. The fraction of sp³-hybridized carbons (Fsp3) is 0.267. The number of furan rings is 1. The number of nitrogens with zero attached hydrogens (tertiary/aromatic N) is 3. The van der Waals surface area contributed by atoms with E-state index < -0.39 is 27.5 Å². The first-order chi connectivity index (χ1) is 19.9. The number of ether oxygens (including phenoxy) is 1. The van der Waals surface area contributed by atoms with Crippen LogP contribution in [0.3, 0.4) is 0 Å². The molecule has 216 valence electrons. The first kappa shape index (κ1) is 26.4. The number of alkyl halides is 1. The van der Waals surface area contributed by atoms with Crippen molar-refractivity contribution in [1.82, 2.24) is 14.9 Å². The van der Waals surface area contributed by atoms with Gasteiger partial charge in [0.15, 0.2) is 6.73 Å². The molecule has 0 saturated heterocycles. The van der Waals surface area contributed by atoms with Gasteiger partial charge < -0.3 is 19.0 Å². The minimum absolute atomic E-state index is 0.173. The Morgan fingerprint density at radius 1 is 1.19 bits per heavy atom. The van der Waals surface area contributed by atoms with E-state index in [0.29, 0.717) is 44.7 Å². The van der Waals surface area contributed by atoms with Gasteiger partial charge in [0.25, 0.3) is 5.91 Å². The van der Waals surface area contributed by atoms with Crippen LogP contribution in [0.5, 0.6) is 5.75 Å². The van der Waals surface area contributed by atoms with Crippen molar-refractivity contribution in [1.29, 1.82) is 0 Å². The summed E-state index contributed by atoms with van der Waals surface area (Å²) in [6.45, 7) is 1.63. The molecule has 12 heteroatoms. The lowest BCUT2D eigenvalue weighted by atomic mass is 10.0. The number of nitrogens with one attached hydrogen (secondary N) is 1. The number of fused-ring (bicyclic) bond motifs is 6. The molecule has 1 fully saturated rings. The minimum atomic E-state index is -3.74. The molecular weight excluding hydrogens is 566 g/mol. The van der Waals surface area contributed by atoms with Crippen LogP contribution in [0.25, 0.3) is 44.5 Å². The number of anilines is 1. The van der Waals surface area contributed by atoms with Crippen molar-refractivity contribution < 1.29 is 31.1 Å². The summed E-state index contributed by atoms with van der Waals surface area (Å²) < 4.78 is 69.8. The van der Waals surface area contributed by atoms with E-state index in [1.165, 1.54) is 33.2 Å². The van der Waals surface area contributed by atoms with Crippen molar-refractivity contribution in [3.63, 3.8) is 0 Å². The highest BCUT2D eigenvalue weighted by atomic mass is 32.2. The Kier molecular flexibility index (Phi) is 5.53. The standard InChI is InChI=1S/C30H26F2N4O5S/c1-30(32)13-18(30)28-26(29(37)33-2)17-10-16(22(12-25(17)41-28)35(3)42(4,38)39)20-8-9-24-27(34-20)23-11-15-19(31)6-5-7-21(15)36(23)14-40-24/h5-12,18H,13-14H2,1-4H3,(H,33,37). The second kappa shape index (κ2) is 8.78. The van der Waals surface area contributed by atoms with Gasteiger partial charge >= 0.3 is 0 Å². The second-order valence-corrected chi connectivity index (χ2v) is 13.0. The molecule has 0 radical (unpaired) electrons. The van der Waals surface area contributed by atoms with E-state index in [4.69, 9.17) is 14.1 Å². The lowest BCUT2D eigenvalue weighted by molar-refractivity contribution is 0.0962. The number of carbonyl (C=O) groups excluding carboxylic acids is 1. The third-order valence-corrected chi connectivity index (χ3v) is 9.42. The maximum Gasteiger partial charge on any atom is 0.255 e. The average molecular weight is 593 g/mol.